The number of hydrogen-bond donors (Lipinski definition) is 0. The van der Waals surface area contributed by atoms with Crippen LogP contribution in [0, 0.1) is 0 Å². The number of thiophene rings is 1. The summed E-state index contributed by atoms with van der Waals surface area (Å²) >= 11 is 3.30. The van der Waals surface area contributed by atoms with Crippen molar-refractivity contribution in [3.63, 3.8) is 0 Å². The van der Waals surface area contributed by atoms with Gasteiger partial charge in [-0.25, -0.2) is 4.68 Å². The molecule has 3 rings (SSSR count). The van der Waals surface area contributed by atoms with Crippen LogP contribution in [0.15, 0.2) is 57.3 Å². The van der Waals surface area contributed by atoms with Crippen LogP contribution in [0.1, 0.15) is 18.7 Å². The van der Waals surface area contributed by atoms with Gasteiger partial charge in [0.05, 0.1) is 23.4 Å². The van der Waals surface area contributed by atoms with Gasteiger partial charge in [0.15, 0.2) is 0 Å². The van der Waals surface area contributed by atoms with Crippen molar-refractivity contribution < 1.29 is 4.74 Å². The third-order valence-corrected chi connectivity index (χ3v) is 5.32. The first-order valence-electron chi connectivity index (χ1n) is 7.68. The summed E-state index contributed by atoms with van der Waals surface area (Å²) in [6, 6.07) is 12.1. The summed E-state index contributed by atoms with van der Waals surface area (Å²) in [6.07, 6.45) is 0. The fraction of sp³-hybridized carbons (Fsp3) is 0.222. The molecule has 3 aromatic rings. The summed E-state index contributed by atoms with van der Waals surface area (Å²) in [4.78, 5) is 6.64. The largest absolute Gasteiger partial charge is 0.497 e. The molecule has 0 amide bonds. The lowest BCUT2D eigenvalue weighted by atomic mass is 10.2. The predicted octanol–water partition coefficient (Wildman–Crippen LogP) is 4.48. The van der Waals surface area contributed by atoms with E-state index in [4.69, 9.17) is 9.84 Å². The Bertz CT molecular complexity index is 887. The lowest BCUT2D eigenvalue weighted by Crippen LogP contribution is -2.14. The summed E-state index contributed by atoms with van der Waals surface area (Å²) in [7, 11) is 1.67. The topological polar surface area (TPSA) is 38.9 Å². The van der Waals surface area contributed by atoms with Gasteiger partial charge in [0.2, 0.25) is 4.80 Å². The molecule has 4 nitrogen and oxygen atoms in total. The lowest BCUT2D eigenvalue weighted by molar-refractivity contribution is 0.415. The number of rotatable bonds is 5. The highest BCUT2D eigenvalue weighted by atomic mass is 32.1. The molecule has 0 aliphatic heterocycles. The summed E-state index contributed by atoms with van der Waals surface area (Å²) < 4.78 is 7.18. The van der Waals surface area contributed by atoms with Gasteiger partial charge in [-0.3, -0.25) is 4.99 Å². The van der Waals surface area contributed by atoms with Crippen molar-refractivity contribution in [3.05, 3.63) is 56.8 Å². The van der Waals surface area contributed by atoms with Crippen LogP contribution in [0.25, 0.3) is 11.3 Å². The normalized spacial score (nSPS) is 12.6. The van der Waals surface area contributed by atoms with Gasteiger partial charge in [0, 0.05) is 17.5 Å². The fourth-order valence-electron chi connectivity index (χ4n) is 2.28. The highest BCUT2D eigenvalue weighted by Crippen LogP contribution is 2.23. The molecular weight excluding hydrogens is 338 g/mol. The molecule has 0 aliphatic carbocycles. The van der Waals surface area contributed by atoms with Crippen molar-refractivity contribution >= 4 is 28.4 Å². The molecule has 2 aromatic heterocycles. The molecule has 0 bridgehead atoms. The average Bonchev–Trinajstić information content (AvgIpc) is 3.26. The van der Waals surface area contributed by atoms with Crippen LogP contribution in [-0.2, 0) is 0 Å². The second-order valence-electron chi connectivity index (χ2n) is 5.08. The molecule has 0 radical (unpaired) electrons. The molecule has 0 aliphatic rings. The fourth-order valence-corrected chi connectivity index (χ4v) is 3.85. The van der Waals surface area contributed by atoms with Crippen LogP contribution in [0.3, 0.4) is 0 Å². The number of benzene rings is 1. The second kappa shape index (κ2) is 7.59. The van der Waals surface area contributed by atoms with E-state index in [0.29, 0.717) is 0 Å². The Kier molecular flexibility index (Phi) is 5.27. The van der Waals surface area contributed by atoms with E-state index in [2.05, 4.69) is 21.8 Å². The Hall–Kier alpha value is -2.18. The molecule has 24 heavy (non-hydrogen) atoms. The first kappa shape index (κ1) is 16.7. The van der Waals surface area contributed by atoms with Crippen molar-refractivity contribution in [3.8, 4) is 17.0 Å². The molecule has 0 N–H and O–H groups in total. The Labute approximate surface area is 149 Å². The molecule has 2 heterocycles. The average molecular weight is 358 g/mol. The minimum Gasteiger partial charge on any atom is -0.497 e. The van der Waals surface area contributed by atoms with Gasteiger partial charge in [-0.05, 0) is 49.6 Å². The molecule has 6 heteroatoms. The van der Waals surface area contributed by atoms with Gasteiger partial charge in [-0.2, -0.15) is 5.10 Å². The monoisotopic (exact) mass is 357 g/mol. The maximum atomic E-state index is 5.24. The molecule has 0 spiro atoms. The van der Waals surface area contributed by atoms with Gasteiger partial charge < -0.3 is 4.74 Å². The van der Waals surface area contributed by atoms with Gasteiger partial charge in [0.1, 0.15) is 5.75 Å². The van der Waals surface area contributed by atoms with Gasteiger partial charge in [0.25, 0.3) is 0 Å². The molecule has 0 saturated carbocycles. The summed E-state index contributed by atoms with van der Waals surface area (Å²) in [6.45, 7) is 4.80. The SMILES string of the molecule is CCN=c1scc(-c2ccc(OC)cc2)n1N=C(C)c1cccs1. The first-order valence-corrected chi connectivity index (χ1v) is 9.43. The zero-order chi connectivity index (χ0) is 16.9. The van der Waals surface area contributed by atoms with Crippen molar-refractivity contribution in [2.45, 2.75) is 13.8 Å². The van der Waals surface area contributed by atoms with E-state index in [1.807, 2.05) is 48.9 Å². The molecule has 0 fully saturated rings. The standard InChI is InChI=1S/C18H19N3OS2/c1-4-19-18-21(20-13(2)17-6-5-11-23-17)16(12-24-18)14-7-9-15(22-3)10-8-14/h5-12H,4H2,1-3H3. The van der Waals surface area contributed by atoms with Crippen LogP contribution >= 0.6 is 22.7 Å². The van der Waals surface area contributed by atoms with Crippen LogP contribution in [-0.4, -0.2) is 24.0 Å². The Balaban J connectivity index is 2.10. The van der Waals surface area contributed by atoms with E-state index >= 15 is 0 Å². The molecule has 0 atom stereocenters. The maximum Gasteiger partial charge on any atom is 0.206 e. The van der Waals surface area contributed by atoms with E-state index < -0.39 is 0 Å². The molecular formula is C18H19N3OS2. The van der Waals surface area contributed by atoms with E-state index in [9.17, 15) is 0 Å². The van der Waals surface area contributed by atoms with E-state index in [-0.39, 0.29) is 0 Å². The molecule has 0 unspecified atom stereocenters. The van der Waals surface area contributed by atoms with Crippen molar-refractivity contribution in [2.75, 3.05) is 13.7 Å². The predicted molar refractivity (Wildman–Crippen MR) is 102 cm³/mol. The highest BCUT2D eigenvalue weighted by Gasteiger charge is 2.09. The quantitative estimate of drug-likeness (QED) is 0.621. The van der Waals surface area contributed by atoms with Crippen LogP contribution in [0.5, 0.6) is 5.75 Å². The Morgan fingerprint density at radius 3 is 2.58 bits per heavy atom. The zero-order valence-corrected chi connectivity index (χ0v) is 15.5. The lowest BCUT2D eigenvalue weighted by Gasteiger charge is -2.06. The number of hydrogen-bond acceptors (Lipinski definition) is 5. The Morgan fingerprint density at radius 2 is 1.96 bits per heavy atom. The number of thiazole rings is 1. The Morgan fingerprint density at radius 1 is 1.17 bits per heavy atom. The van der Waals surface area contributed by atoms with Crippen LogP contribution in [0.4, 0.5) is 0 Å². The third-order valence-electron chi connectivity index (χ3n) is 3.49. The second-order valence-corrected chi connectivity index (χ2v) is 6.87. The maximum absolute atomic E-state index is 5.24. The molecule has 124 valence electrons. The van der Waals surface area contributed by atoms with Crippen molar-refractivity contribution in [2.24, 2.45) is 10.1 Å². The third kappa shape index (κ3) is 3.49. The van der Waals surface area contributed by atoms with Gasteiger partial charge in [-0.1, -0.05) is 6.07 Å². The molecule has 0 saturated heterocycles. The zero-order valence-electron chi connectivity index (χ0n) is 13.9. The van der Waals surface area contributed by atoms with E-state index in [1.54, 1.807) is 29.8 Å². The van der Waals surface area contributed by atoms with Gasteiger partial charge in [-0.15, -0.1) is 22.7 Å². The smallest absolute Gasteiger partial charge is 0.206 e. The van der Waals surface area contributed by atoms with Crippen LogP contribution < -0.4 is 9.54 Å². The number of ether oxygens (including phenoxy) is 1. The number of aromatic nitrogens is 1. The summed E-state index contributed by atoms with van der Waals surface area (Å²) in [5.41, 5.74) is 3.11. The molecule has 1 aromatic carbocycles. The first-order chi connectivity index (χ1) is 11.7. The highest BCUT2D eigenvalue weighted by molar-refractivity contribution is 7.12. The number of nitrogens with zero attached hydrogens (tertiary/aromatic N) is 3. The van der Waals surface area contributed by atoms with E-state index in [0.717, 1.165) is 38.9 Å². The van der Waals surface area contributed by atoms with Crippen molar-refractivity contribution in [1.29, 1.82) is 0 Å². The minimum atomic E-state index is 0.732. The number of methoxy groups -OCH3 is 1. The van der Waals surface area contributed by atoms with E-state index in [1.165, 1.54) is 0 Å². The minimum absolute atomic E-state index is 0.732. The summed E-state index contributed by atoms with van der Waals surface area (Å²) in [5, 5.41) is 8.99. The van der Waals surface area contributed by atoms with Crippen molar-refractivity contribution in [1.82, 2.24) is 4.68 Å². The summed E-state index contributed by atoms with van der Waals surface area (Å²) in [5.74, 6) is 0.845. The van der Waals surface area contributed by atoms with Crippen LogP contribution in [0.2, 0.25) is 0 Å². The van der Waals surface area contributed by atoms with Gasteiger partial charge >= 0.3 is 0 Å².